The Hall–Kier alpha value is -2.63. The Kier molecular flexibility index (Phi) is 3.43. The standard InChI is InChI=1S/C15H14N2O4/c18-14(17-8-7-10(9-17)15(19)20)6-5-13-16-11-3-1-2-4-12(11)21-13/h1-6,10H,7-9H2,(H,19,20)/b6-5-/t10-/m0/s1. The molecular formula is C15H14N2O4. The molecule has 0 radical (unpaired) electrons. The topological polar surface area (TPSA) is 83.6 Å². The first kappa shape index (κ1) is 13.4. The number of benzene rings is 1. The number of carboxylic acid groups (broad SMARTS) is 1. The molecule has 0 unspecified atom stereocenters. The first-order valence-electron chi connectivity index (χ1n) is 6.69. The van der Waals surface area contributed by atoms with Crippen LogP contribution in [-0.2, 0) is 9.59 Å². The van der Waals surface area contributed by atoms with Crippen molar-refractivity contribution >= 4 is 29.1 Å². The van der Waals surface area contributed by atoms with Crippen molar-refractivity contribution in [1.29, 1.82) is 0 Å². The molecule has 21 heavy (non-hydrogen) atoms. The minimum Gasteiger partial charge on any atom is -0.481 e. The minimum absolute atomic E-state index is 0.221. The molecule has 1 N–H and O–H groups in total. The van der Waals surface area contributed by atoms with E-state index in [0.29, 0.717) is 24.4 Å². The molecule has 1 saturated heterocycles. The van der Waals surface area contributed by atoms with Crippen molar-refractivity contribution in [2.75, 3.05) is 13.1 Å². The average molecular weight is 286 g/mol. The molecule has 3 rings (SSSR count). The highest BCUT2D eigenvalue weighted by molar-refractivity contribution is 5.92. The molecule has 2 aromatic rings. The number of carboxylic acids is 1. The van der Waals surface area contributed by atoms with Gasteiger partial charge in [0.05, 0.1) is 5.92 Å². The summed E-state index contributed by atoms with van der Waals surface area (Å²) in [6.07, 6.45) is 3.38. The van der Waals surface area contributed by atoms with Gasteiger partial charge < -0.3 is 14.4 Å². The van der Waals surface area contributed by atoms with Crippen molar-refractivity contribution in [3.8, 4) is 0 Å². The second-order valence-electron chi connectivity index (χ2n) is 4.96. The number of fused-ring (bicyclic) bond motifs is 1. The van der Waals surface area contributed by atoms with Crippen molar-refractivity contribution in [1.82, 2.24) is 9.88 Å². The van der Waals surface area contributed by atoms with Crippen LogP contribution in [0.4, 0.5) is 0 Å². The van der Waals surface area contributed by atoms with Crippen molar-refractivity contribution < 1.29 is 19.1 Å². The van der Waals surface area contributed by atoms with Crippen molar-refractivity contribution in [2.45, 2.75) is 6.42 Å². The number of nitrogens with zero attached hydrogens (tertiary/aromatic N) is 2. The molecule has 6 nitrogen and oxygen atoms in total. The van der Waals surface area contributed by atoms with Crippen LogP contribution in [0.3, 0.4) is 0 Å². The molecular weight excluding hydrogens is 272 g/mol. The van der Waals surface area contributed by atoms with Gasteiger partial charge in [-0.25, -0.2) is 4.98 Å². The summed E-state index contributed by atoms with van der Waals surface area (Å²) < 4.78 is 5.48. The zero-order chi connectivity index (χ0) is 14.8. The molecule has 1 aromatic heterocycles. The number of hydrogen-bond donors (Lipinski definition) is 1. The van der Waals surface area contributed by atoms with E-state index >= 15 is 0 Å². The highest BCUT2D eigenvalue weighted by atomic mass is 16.4. The second-order valence-corrected chi connectivity index (χ2v) is 4.96. The van der Waals surface area contributed by atoms with Gasteiger partial charge in [-0.05, 0) is 18.6 Å². The van der Waals surface area contributed by atoms with Crippen molar-refractivity contribution in [3.63, 3.8) is 0 Å². The van der Waals surface area contributed by atoms with Crippen LogP contribution in [0.15, 0.2) is 34.8 Å². The van der Waals surface area contributed by atoms with Gasteiger partial charge in [0.15, 0.2) is 5.58 Å². The summed E-state index contributed by atoms with van der Waals surface area (Å²) >= 11 is 0. The van der Waals surface area contributed by atoms with Gasteiger partial charge in [-0.2, -0.15) is 0 Å². The van der Waals surface area contributed by atoms with Gasteiger partial charge in [0.25, 0.3) is 0 Å². The number of carbonyl (C=O) groups excluding carboxylic acids is 1. The normalized spacial score (nSPS) is 18.7. The van der Waals surface area contributed by atoms with E-state index in [4.69, 9.17) is 9.52 Å². The summed E-state index contributed by atoms with van der Waals surface area (Å²) in [7, 11) is 0. The van der Waals surface area contributed by atoms with Crippen LogP contribution in [0.1, 0.15) is 12.3 Å². The van der Waals surface area contributed by atoms with Crippen LogP contribution in [0.25, 0.3) is 17.2 Å². The van der Waals surface area contributed by atoms with Crippen LogP contribution in [-0.4, -0.2) is 40.0 Å². The van der Waals surface area contributed by atoms with Gasteiger partial charge in [-0.1, -0.05) is 12.1 Å². The zero-order valence-corrected chi connectivity index (χ0v) is 11.2. The highest BCUT2D eigenvalue weighted by Gasteiger charge is 2.29. The summed E-state index contributed by atoms with van der Waals surface area (Å²) in [6, 6.07) is 7.34. The largest absolute Gasteiger partial charge is 0.481 e. The molecule has 0 aliphatic carbocycles. The van der Waals surface area contributed by atoms with Crippen LogP contribution < -0.4 is 0 Å². The fraction of sp³-hybridized carbons (Fsp3) is 0.267. The number of aromatic nitrogens is 1. The van der Waals surface area contributed by atoms with Crippen molar-refractivity contribution in [2.24, 2.45) is 5.92 Å². The molecule has 0 saturated carbocycles. The Morgan fingerprint density at radius 3 is 2.90 bits per heavy atom. The third kappa shape index (κ3) is 2.79. The number of amides is 1. The van der Waals surface area contributed by atoms with E-state index in [1.165, 1.54) is 17.1 Å². The first-order valence-corrected chi connectivity index (χ1v) is 6.69. The summed E-state index contributed by atoms with van der Waals surface area (Å²) in [4.78, 5) is 28.6. The quantitative estimate of drug-likeness (QED) is 0.869. The second kappa shape index (κ2) is 5.40. The maximum absolute atomic E-state index is 12.0. The molecule has 6 heteroatoms. The highest BCUT2D eigenvalue weighted by Crippen LogP contribution is 2.18. The maximum Gasteiger partial charge on any atom is 0.308 e. The third-order valence-electron chi connectivity index (χ3n) is 3.53. The summed E-state index contributed by atoms with van der Waals surface area (Å²) in [6.45, 7) is 0.722. The number of rotatable bonds is 3. The fourth-order valence-corrected chi connectivity index (χ4v) is 2.37. The van der Waals surface area contributed by atoms with Gasteiger partial charge in [0, 0.05) is 25.2 Å². The summed E-state index contributed by atoms with van der Waals surface area (Å²) in [5.74, 6) is -1.18. The summed E-state index contributed by atoms with van der Waals surface area (Å²) in [5.41, 5.74) is 1.40. The Balaban J connectivity index is 1.68. The van der Waals surface area contributed by atoms with E-state index in [9.17, 15) is 9.59 Å². The molecule has 1 aromatic carbocycles. The van der Waals surface area contributed by atoms with E-state index in [2.05, 4.69) is 4.98 Å². The number of likely N-dealkylation sites (tertiary alicyclic amines) is 1. The number of aliphatic carboxylic acids is 1. The van der Waals surface area contributed by atoms with Gasteiger partial charge in [0.1, 0.15) is 5.52 Å². The smallest absolute Gasteiger partial charge is 0.308 e. The minimum atomic E-state index is -0.853. The van der Waals surface area contributed by atoms with Gasteiger partial charge in [-0.3, -0.25) is 9.59 Å². The fourth-order valence-electron chi connectivity index (χ4n) is 2.37. The SMILES string of the molecule is O=C(O)[C@H]1CCN(C(=O)/C=C\c2nc3ccccc3o2)C1. The molecule has 1 amide bonds. The Morgan fingerprint density at radius 2 is 2.19 bits per heavy atom. The lowest BCUT2D eigenvalue weighted by Gasteiger charge is -2.12. The third-order valence-corrected chi connectivity index (χ3v) is 3.53. The van der Waals surface area contributed by atoms with E-state index in [-0.39, 0.29) is 12.5 Å². The molecule has 1 aliphatic heterocycles. The van der Waals surface area contributed by atoms with E-state index in [1.54, 1.807) is 6.07 Å². The number of carbonyl (C=O) groups is 2. The first-order chi connectivity index (χ1) is 10.1. The molecule has 0 spiro atoms. The molecule has 0 bridgehead atoms. The van der Waals surface area contributed by atoms with E-state index < -0.39 is 11.9 Å². The van der Waals surface area contributed by atoms with Gasteiger partial charge in [0.2, 0.25) is 11.8 Å². The molecule has 2 heterocycles. The monoisotopic (exact) mass is 286 g/mol. The zero-order valence-electron chi connectivity index (χ0n) is 11.2. The average Bonchev–Trinajstić information content (AvgIpc) is 3.11. The van der Waals surface area contributed by atoms with Crippen LogP contribution in [0, 0.1) is 5.92 Å². The van der Waals surface area contributed by atoms with Crippen LogP contribution in [0.2, 0.25) is 0 Å². The predicted molar refractivity (Wildman–Crippen MR) is 75.4 cm³/mol. The molecule has 108 valence electrons. The predicted octanol–water partition coefficient (Wildman–Crippen LogP) is 1.77. The Bertz CT molecular complexity index is 686. The van der Waals surface area contributed by atoms with Crippen LogP contribution in [0.5, 0.6) is 0 Å². The molecule has 1 fully saturated rings. The Morgan fingerprint density at radius 1 is 1.38 bits per heavy atom. The number of para-hydroxylation sites is 2. The number of oxazole rings is 1. The van der Waals surface area contributed by atoms with Crippen molar-refractivity contribution in [3.05, 3.63) is 36.2 Å². The number of hydrogen-bond acceptors (Lipinski definition) is 4. The lowest BCUT2D eigenvalue weighted by atomic mass is 10.1. The lowest BCUT2D eigenvalue weighted by Crippen LogP contribution is -2.28. The van der Waals surface area contributed by atoms with Gasteiger partial charge in [-0.15, -0.1) is 0 Å². The summed E-state index contributed by atoms with van der Waals surface area (Å²) in [5, 5.41) is 8.92. The maximum atomic E-state index is 12.0. The van der Waals surface area contributed by atoms with Gasteiger partial charge >= 0.3 is 5.97 Å². The molecule has 1 atom stereocenters. The van der Waals surface area contributed by atoms with Crippen LogP contribution >= 0.6 is 0 Å². The lowest BCUT2D eigenvalue weighted by molar-refractivity contribution is -0.141. The van der Waals surface area contributed by atoms with E-state index in [0.717, 1.165) is 5.52 Å². The Labute approximate surface area is 120 Å². The van der Waals surface area contributed by atoms with E-state index in [1.807, 2.05) is 18.2 Å². The molecule has 1 aliphatic rings.